The molecule has 1 amide bonds. The van der Waals surface area contributed by atoms with Crippen molar-refractivity contribution in [2.45, 2.75) is 38.0 Å². The lowest BCUT2D eigenvalue weighted by atomic mass is 10.2. The van der Waals surface area contributed by atoms with Crippen LogP contribution >= 0.6 is 12.4 Å². The fraction of sp³-hybridized carbons (Fsp3) is 0.909. The van der Waals surface area contributed by atoms with E-state index in [2.05, 4.69) is 10.2 Å². The molecule has 5 nitrogen and oxygen atoms in total. The Morgan fingerprint density at radius 2 is 2.29 bits per heavy atom. The van der Waals surface area contributed by atoms with Gasteiger partial charge >= 0.3 is 0 Å². The summed E-state index contributed by atoms with van der Waals surface area (Å²) in [6, 6.07) is 0.332. The molecule has 3 N–H and O–H groups in total. The minimum atomic E-state index is -0.442. The maximum absolute atomic E-state index is 11.3. The smallest absolute Gasteiger partial charge is 0.236 e. The summed E-state index contributed by atoms with van der Waals surface area (Å²) in [4.78, 5) is 13.8. The molecule has 0 radical (unpaired) electrons. The molecule has 0 bridgehead atoms. The zero-order valence-corrected chi connectivity index (χ0v) is 11.0. The number of nitrogens with zero attached hydrogens (tertiary/aromatic N) is 1. The highest BCUT2D eigenvalue weighted by molar-refractivity contribution is 5.85. The molecule has 1 aliphatic heterocycles. The molecule has 17 heavy (non-hydrogen) atoms. The van der Waals surface area contributed by atoms with Crippen LogP contribution in [0.3, 0.4) is 0 Å². The second kappa shape index (κ2) is 6.54. The van der Waals surface area contributed by atoms with E-state index in [9.17, 15) is 4.79 Å². The van der Waals surface area contributed by atoms with Gasteiger partial charge in [0.2, 0.25) is 5.91 Å². The normalized spacial score (nSPS) is 27.1. The van der Waals surface area contributed by atoms with Gasteiger partial charge < -0.3 is 15.8 Å². The number of nitrogens with one attached hydrogen (secondary N) is 1. The Balaban J connectivity index is 0.00000144. The Hall–Kier alpha value is -0.360. The average molecular weight is 264 g/mol. The number of ether oxygens (including phenoxy) is 1. The van der Waals surface area contributed by atoms with Crippen LogP contribution in [0.15, 0.2) is 0 Å². The largest absolute Gasteiger partial charge is 0.374 e. The first kappa shape index (κ1) is 14.7. The summed E-state index contributed by atoms with van der Waals surface area (Å²) in [5, 5.41) is 2.82. The molecule has 0 aromatic rings. The highest BCUT2D eigenvalue weighted by Crippen LogP contribution is 2.27. The molecule has 0 aromatic carbocycles. The number of rotatable bonds is 4. The minimum absolute atomic E-state index is 0. The maximum Gasteiger partial charge on any atom is 0.236 e. The Labute approximate surface area is 108 Å². The van der Waals surface area contributed by atoms with Crippen molar-refractivity contribution in [1.29, 1.82) is 0 Å². The van der Waals surface area contributed by atoms with Crippen molar-refractivity contribution in [3.8, 4) is 0 Å². The van der Waals surface area contributed by atoms with Gasteiger partial charge in [0.05, 0.1) is 18.8 Å². The Kier molecular flexibility index (Phi) is 5.66. The molecule has 100 valence electrons. The second-order valence-electron chi connectivity index (χ2n) is 4.75. The van der Waals surface area contributed by atoms with E-state index in [1.807, 2.05) is 0 Å². The number of carbonyl (C=O) groups is 1. The SMILES string of the molecule is C[C@@H](N)C(=O)NCC1CN(C2CC2)CCO1.Cl. The van der Waals surface area contributed by atoms with Crippen LogP contribution in [0.1, 0.15) is 19.8 Å². The zero-order valence-electron chi connectivity index (χ0n) is 10.2. The summed E-state index contributed by atoms with van der Waals surface area (Å²) < 4.78 is 5.62. The number of nitrogens with two attached hydrogens (primary N) is 1. The van der Waals surface area contributed by atoms with Crippen molar-refractivity contribution < 1.29 is 9.53 Å². The van der Waals surface area contributed by atoms with Crippen molar-refractivity contribution in [3.63, 3.8) is 0 Å². The Morgan fingerprint density at radius 3 is 2.88 bits per heavy atom. The first-order chi connectivity index (χ1) is 7.66. The topological polar surface area (TPSA) is 67.6 Å². The molecule has 2 rings (SSSR count). The molecular formula is C11H22ClN3O2. The molecule has 2 aliphatic rings. The third kappa shape index (κ3) is 4.43. The number of carbonyl (C=O) groups excluding carboxylic acids is 1. The number of morpholine rings is 1. The lowest BCUT2D eigenvalue weighted by Gasteiger charge is -2.33. The standard InChI is InChI=1S/C11H21N3O2.ClH/c1-8(12)11(15)13-6-10-7-14(4-5-16-10)9-2-3-9;/h8-10H,2-7,12H2,1H3,(H,13,15);1H/t8-,10?;/m1./s1. The van der Waals surface area contributed by atoms with Gasteiger partial charge in [0.25, 0.3) is 0 Å². The second-order valence-corrected chi connectivity index (χ2v) is 4.75. The number of hydrogen-bond donors (Lipinski definition) is 2. The number of amides is 1. The molecule has 1 heterocycles. The van der Waals surface area contributed by atoms with Crippen LogP contribution in [0.25, 0.3) is 0 Å². The molecule has 2 fully saturated rings. The van der Waals surface area contributed by atoms with Gasteiger partial charge in [0.1, 0.15) is 0 Å². The van der Waals surface area contributed by atoms with Crippen molar-refractivity contribution in [2.75, 3.05) is 26.2 Å². The average Bonchev–Trinajstić information content (AvgIpc) is 3.10. The summed E-state index contributed by atoms with van der Waals surface area (Å²) in [6.07, 6.45) is 2.76. The zero-order chi connectivity index (χ0) is 11.5. The van der Waals surface area contributed by atoms with Crippen LogP contribution in [0.2, 0.25) is 0 Å². The van der Waals surface area contributed by atoms with E-state index in [1.165, 1.54) is 12.8 Å². The Morgan fingerprint density at radius 1 is 1.59 bits per heavy atom. The molecule has 0 spiro atoms. The third-order valence-corrected chi connectivity index (χ3v) is 3.15. The monoisotopic (exact) mass is 263 g/mol. The molecule has 1 saturated heterocycles. The van der Waals surface area contributed by atoms with Gasteiger partial charge in [0.15, 0.2) is 0 Å². The van der Waals surface area contributed by atoms with Gasteiger partial charge in [0, 0.05) is 25.7 Å². The highest BCUT2D eigenvalue weighted by Gasteiger charge is 2.32. The number of halogens is 1. The number of hydrogen-bond acceptors (Lipinski definition) is 4. The van der Waals surface area contributed by atoms with E-state index in [0.29, 0.717) is 6.54 Å². The van der Waals surface area contributed by atoms with Crippen LogP contribution in [0.4, 0.5) is 0 Å². The Bertz CT molecular complexity index is 259. The first-order valence-corrected chi connectivity index (χ1v) is 6.06. The summed E-state index contributed by atoms with van der Waals surface area (Å²) in [5.41, 5.74) is 5.47. The van der Waals surface area contributed by atoms with Crippen LogP contribution < -0.4 is 11.1 Å². The van der Waals surface area contributed by atoms with Crippen LogP contribution in [-0.4, -0.2) is 55.2 Å². The molecule has 1 aliphatic carbocycles. The van der Waals surface area contributed by atoms with Crippen LogP contribution in [0.5, 0.6) is 0 Å². The fourth-order valence-corrected chi connectivity index (χ4v) is 2.01. The lowest BCUT2D eigenvalue weighted by Crippen LogP contribution is -2.50. The lowest BCUT2D eigenvalue weighted by molar-refractivity contribution is -0.123. The van der Waals surface area contributed by atoms with Crippen molar-refractivity contribution in [1.82, 2.24) is 10.2 Å². The van der Waals surface area contributed by atoms with Crippen LogP contribution in [0, 0.1) is 0 Å². The molecule has 2 atom stereocenters. The molecular weight excluding hydrogens is 242 g/mol. The van der Waals surface area contributed by atoms with Crippen molar-refractivity contribution in [2.24, 2.45) is 5.73 Å². The summed E-state index contributed by atoms with van der Waals surface area (Å²) >= 11 is 0. The van der Waals surface area contributed by atoms with Gasteiger partial charge in [-0.3, -0.25) is 9.69 Å². The van der Waals surface area contributed by atoms with Gasteiger partial charge in [-0.1, -0.05) is 0 Å². The summed E-state index contributed by atoms with van der Waals surface area (Å²) in [7, 11) is 0. The third-order valence-electron chi connectivity index (χ3n) is 3.15. The van der Waals surface area contributed by atoms with E-state index in [1.54, 1.807) is 6.92 Å². The maximum atomic E-state index is 11.3. The van der Waals surface area contributed by atoms with E-state index in [0.717, 1.165) is 25.7 Å². The van der Waals surface area contributed by atoms with E-state index in [4.69, 9.17) is 10.5 Å². The van der Waals surface area contributed by atoms with Crippen molar-refractivity contribution >= 4 is 18.3 Å². The van der Waals surface area contributed by atoms with Crippen LogP contribution in [-0.2, 0) is 9.53 Å². The first-order valence-electron chi connectivity index (χ1n) is 6.06. The van der Waals surface area contributed by atoms with Gasteiger partial charge in [-0.2, -0.15) is 0 Å². The van der Waals surface area contributed by atoms with E-state index in [-0.39, 0.29) is 24.4 Å². The molecule has 1 unspecified atom stereocenters. The minimum Gasteiger partial charge on any atom is -0.374 e. The predicted molar refractivity (Wildman–Crippen MR) is 68.2 cm³/mol. The predicted octanol–water partition coefficient (Wildman–Crippen LogP) is -0.265. The quantitative estimate of drug-likeness (QED) is 0.733. The van der Waals surface area contributed by atoms with Crippen molar-refractivity contribution in [3.05, 3.63) is 0 Å². The summed E-state index contributed by atoms with van der Waals surface area (Å²) in [6.45, 7) is 5.00. The van der Waals surface area contributed by atoms with E-state index < -0.39 is 6.04 Å². The van der Waals surface area contributed by atoms with Gasteiger partial charge in [-0.15, -0.1) is 12.4 Å². The van der Waals surface area contributed by atoms with Gasteiger partial charge in [-0.05, 0) is 19.8 Å². The summed E-state index contributed by atoms with van der Waals surface area (Å²) in [5.74, 6) is -0.104. The fourth-order valence-electron chi connectivity index (χ4n) is 2.01. The highest BCUT2D eigenvalue weighted by atomic mass is 35.5. The molecule has 0 aromatic heterocycles. The van der Waals surface area contributed by atoms with E-state index >= 15 is 0 Å². The molecule has 6 heteroatoms. The van der Waals surface area contributed by atoms with Gasteiger partial charge in [-0.25, -0.2) is 0 Å². The molecule has 1 saturated carbocycles.